The zero-order chi connectivity index (χ0) is 13.3. The SMILES string of the molecule is Cc1cccc(N)c1C(=O)NC1C=CS(=O)(=O)C1. The standard InChI is InChI=1S/C12H14N2O3S/c1-8-3-2-4-10(13)11(8)12(15)14-9-5-6-18(16,17)7-9/h2-6,9H,7,13H2,1H3,(H,14,15). The summed E-state index contributed by atoms with van der Waals surface area (Å²) in [5.41, 5.74) is 7.30. The van der Waals surface area contributed by atoms with E-state index in [1.54, 1.807) is 25.1 Å². The lowest BCUT2D eigenvalue weighted by Crippen LogP contribution is -2.36. The molecular weight excluding hydrogens is 252 g/mol. The number of sulfone groups is 1. The van der Waals surface area contributed by atoms with Crippen molar-refractivity contribution in [2.45, 2.75) is 13.0 Å². The molecule has 3 N–H and O–H groups in total. The van der Waals surface area contributed by atoms with Gasteiger partial charge >= 0.3 is 0 Å². The minimum absolute atomic E-state index is 0.0927. The summed E-state index contributed by atoms with van der Waals surface area (Å²) in [6.07, 6.45) is 1.47. The van der Waals surface area contributed by atoms with Crippen LogP contribution in [0, 0.1) is 6.92 Å². The van der Waals surface area contributed by atoms with E-state index in [-0.39, 0.29) is 11.7 Å². The third-order valence-electron chi connectivity index (χ3n) is 2.78. The van der Waals surface area contributed by atoms with Gasteiger partial charge < -0.3 is 11.1 Å². The largest absolute Gasteiger partial charge is 0.398 e. The van der Waals surface area contributed by atoms with Gasteiger partial charge in [0.15, 0.2) is 9.84 Å². The van der Waals surface area contributed by atoms with Crippen LogP contribution in [-0.2, 0) is 9.84 Å². The van der Waals surface area contributed by atoms with E-state index in [1.165, 1.54) is 6.08 Å². The predicted molar refractivity (Wildman–Crippen MR) is 69.8 cm³/mol. The van der Waals surface area contributed by atoms with Crippen LogP contribution in [0.2, 0.25) is 0 Å². The molecule has 0 saturated heterocycles. The number of nitrogens with two attached hydrogens (primary N) is 1. The predicted octanol–water partition coefficient (Wildman–Crippen LogP) is 0.618. The molecule has 0 saturated carbocycles. The van der Waals surface area contributed by atoms with E-state index in [1.807, 2.05) is 0 Å². The number of benzene rings is 1. The Kier molecular flexibility index (Phi) is 3.13. The highest BCUT2D eigenvalue weighted by Gasteiger charge is 2.24. The molecule has 0 fully saturated rings. The van der Waals surface area contributed by atoms with Crippen LogP contribution in [0.4, 0.5) is 5.69 Å². The molecule has 2 rings (SSSR count). The lowest BCUT2D eigenvalue weighted by molar-refractivity contribution is 0.0948. The molecule has 6 heteroatoms. The summed E-state index contributed by atoms with van der Waals surface area (Å²) in [7, 11) is -3.17. The molecule has 1 heterocycles. The van der Waals surface area contributed by atoms with E-state index in [0.717, 1.165) is 11.0 Å². The molecule has 1 aliphatic heterocycles. The first-order chi connectivity index (χ1) is 8.39. The molecule has 1 aliphatic rings. The lowest BCUT2D eigenvalue weighted by atomic mass is 10.1. The van der Waals surface area contributed by atoms with Crippen LogP contribution in [0.3, 0.4) is 0 Å². The van der Waals surface area contributed by atoms with Gasteiger partial charge in [-0.05, 0) is 24.6 Å². The Morgan fingerprint density at radius 2 is 2.17 bits per heavy atom. The van der Waals surface area contributed by atoms with Crippen molar-refractivity contribution in [1.29, 1.82) is 0 Å². The molecule has 96 valence electrons. The smallest absolute Gasteiger partial charge is 0.254 e. The van der Waals surface area contributed by atoms with Gasteiger partial charge in [-0.3, -0.25) is 4.79 Å². The summed E-state index contributed by atoms with van der Waals surface area (Å²) in [6.45, 7) is 1.78. The Morgan fingerprint density at radius 3 is 2.72 bits per heavy atom. The first-order valence-electron chi connectivity index (χ1n) is 5.46. The molecule has 0 spiro atoms. The fraction of sp³-hybridized carbons (Fsp3) is 0.250. The van der Waals surface area contributed by atoms with Gasteiger partial charge in [-0.25, -0.2) is 8.42 Å². The van der Waals surface area contributed by atoms with Crippen molar-refractivity contribution in [3.05, 3.63) is 40.8 Å². The number of nitrogens with one attached hydrogen (secondary N) is 1. The maximum Gasteiger partial charge on any atom is 0.254 e. The average molecular weight is 266 g/mol. The van der Waals surface area contributed by atoms with Crippen molar-refractivity contribution in [2.75, 3.05) is 11.5 Å². The van der Waals surface area contributed by atoms with Crippen molar-refractivity contribution in [3.8, 4) is 0 Å². The molecule has 1 aromatic rings. The van der Waals surface area contributed by atoms with Gasteiger partial charge in [-0.15, -0.1) is 0 Å². The second-order valence-corrected chi connectivity index (χ2v) is 6.21. The van der Waals surface area contributed by atoms with Crippen LogP contribution >= 0.6 is 0 Å². The number of carbonyl (C=O) groups excluding carboxylic acids is 1. The Balaban J connectivity index is 2.17. The van der Waals surface area contributed by atoms with Gasteiger partial charge in [0.2, 0.25) is 0 Å². The normalized spacial score (nSPS) is 20.8. The van der Waals surface area contributed by atoms with Crippen molar-refractivity contribution in [2.24, 2.45) is 0 Å². The van der Waals surface area contributed by atoms with Crippen molar-refractivity contribution in [1.82, 2.24) is 5.32 Å². The first-order valence-corrected chi connectivity index (χ1v) is 7.17. The number of nitrogen functional groups attached to an aromatic ring is 1. The maximum atomic E-state index is 12.0. The summed E-state index contributed by atoms with van der Waals surface area (Å²) < 4.78 is 22.5. The Bertz CT molecular complexity index is 600. The highest BCUT2D eigenvalue weighted by molar-refractivity contribution is 7.94. The fourth-order valence-electron chi connectivity index (χ4n) is 1.91. The second-order valence-electron chi connectivity index (χ2n) is 4.28. The fourth-order valence-corrected chi connectivity index (χ4v) is 3.14. The molecule has 18 heavy (non-hydrogen) atoms. The topological polar surface area (TPSA) is 89.3 Å². The summed E-state index contributed by atoms with van der Waals surface area (Å²) >= 11 is 0. The molecule has 5 nitrogen and oxygen atoms in total. The van der Waals surface area contributed by atoms with E-state index in [4.69, 9.17) is 5.73 Å². The zero-order valence-electron chi connectivity index (χ0n) is 9.88. The van der Waals surface area contributed by atoms with E-state index >= 15 is 0 Å². The molecule has 0 bridgehead atoms. The van der Waals surface area contributed by atoms with Crippen LogP contribution in [0.25, 0.3) is 0 Å². The van der Waals surface area contributed by atoms with Gasteiger partial charge in [0.05, 0.1) is 17.4 Å². The van der Waals surface area contributed by atoms with Gasteiger partial charge in [-0.2, -0.15) is 0 Å². The number of hydrogen-bond donors (Lipinski definition) is 2. The Labute approximate surface area is 106 Å². The number of hydrogen-bond acceptors (Lipinski definition) is 4. The number of rotatable bonds is 2. The van der Waals surface area contributed by atoms with Gasteiger partial charge in [0.1, 0.15) is 0 Å². The zero-order valence-corrected chi connectivity index (χ0v) is 10.7. The molecule has 1 unspecified atom stereocenters. The molecule has 1 aromatic carbocycles. The summed E-state index contributed by atoms with van der Waals surface area (Å²) in [5.74, 6) is -0.442. The minimum atomic E-state index is -3.17. The summed E-state index contributed by atoms with van der Waals surface area (Å²) in [5, 5.41) is 3.77. The van der Waals surface area contributed by atoms with Crippen LogP contribution in [0.1, 0.15) is 15.9 Å². The van der Waals surface area contributed by atoms with Crippen molar-refractivity contribution < 1.29 is 13.2 Å². The van der Waals surface area contributed by atoms with E-state index < -0.39 is 15.9 Å². The van der Waals surface area contributed by atoms with Crippen LogP contribution in [-0.4, -0.2) is 26.1 Å². The van der Waals surface area contributed by atoms with E-state index in [9.17, 15) is 13.2 Å². The third-order valence-corrected chi connectivity index (χ3v) is 4.17. The van der Waals surface area contributed by atoms with Gasteiger partial charge in [-0.1, -0.05) is 12.1 Å². The van der Waals surface area contributed by atoms with E-state index in [2.05, 4.69) is 5.32 Å². The highest BCUT2D eigenvalue weighted by Crippen LogP contribution is 2.17. The minimum Gasteiger partial charge on any atom is -0.398 e. The van der Waals surface area contributed by atoms with Crippen LogP contribution < -0.4 is 11.1 Å². The molecule has 0 radical (unpaired) electrons. The van der Waals surface area contributed by atoms with Crippen LogP contribution in [0.5, 0.6) is 0 Å². The van der Waals surface area contributed by atoms with Crippen LogP contribution in [0.15, 0.2) is 29.7 Å². The second kappa shape index (κ2) is 4.45. The number of carbonyl (C=O) groups is 1. The van der Waals surface area contributed by atoms with Gasteiger partial charge in [0, 0.05) is 11.1 Å². The number of aryl methyl sites for hydroxylation is 1. The first kappa shape index (κ1) is 12.6. The van der Waals surface area contributed by atoms with Crippen molar-refractivity contribution in [3.63, 3.8) is 0 Å². The lowest BCUT2D eigenvalue weighted by Gasteiger charge is -2.13. The average Bonchev–Trinajstić information content (AvgIpc) is 2.57. The number of anilines is 1. The quantitative estimate of drug-likeness (QED) is 0.768. The highest BCUT2D eigenvalue weighted by atomic mass is 32.2. The monoisotopic (exact) mass is 266 g/mol. The Morgan fingerprint density at radius 1 is 1.44 bits per heavy atom. The summed E-state index contributed by atoms with van der Waals surface area (Å²) in [6, 6.07) is 4.71. The summed E-state index contributed by atoms with van der Waals surface area (Å²) in [4.78, 5) is 12.0. The Hall–Kier alpha value is -1.82. The maximum absolute atomic E-state index is 12.0. The van der Waals surface area contributed by atoms with E-state index in [0.29, 0.717) is 11.3 Å². The third kappa shape index (κ3) is 2.53. The molecular formula is C12H14N2O3S. The molecule has 1 amide bonds. The molecule has 0 aliphatic carbocycles. The number of amides is 1. The molecule has 0 aromatic heterocycles. The van der Waals surface area contributed by atoms with Crippen molar-refractivity contribution >= 4 is 21.4 Å². The van der Waals surface area contributed by atoms with Gasteiger partial charge in [0.25, 0.3) is 5.91 Å². The molecule has 1 atom stereocenters.